The molecule has 6 heteroatoms. The maximum atomic E-state index is 12.9. The van der Waals surface area contributed by atoms with Crippen LogP contribution < -0.4 is 0 Å². The quantitative estimate of drug-likeness (QED) is 0.469. The Labute approximate surface area is 172 Å². The fourth-order valence-corrected chi connectivity index (χ4v) is 4.65. The van der Waals surface area contributed by atoms with Crippen molar-refractivity contribution in [1.29, 1.82) is 0 Å². The lowest BCUT2D eigenvalue weighted by Gasteiger charge is -2.36. The lowest BCUT2D eigenvalue weighted by molar-refractivity contribution is 0.334. The van der Waals surface area contributed by atoms with Crippen LogP contribution in [0.15, 0.2) is 69.4 Å². The molecule has 0 N–H and O–H groups in total. The van der Waals surface area contributed by atoms with Gasteiger partial charge < -0.3 is 4.43 Å². The van der Waals surface area contributed by atoms with E-state index in [-0.39, 0.29) is 16.5 Å². The molecule has 0 aliphatic rings. The smallest absolute Gasteiger partial charge is 0.200 e. The number of hydrogen-bond acceptors (Lipinski definition) is 3. The van der Waals surface area contributed by atoms with Gasteiger partial charge in [0.2, 0.25) is 0 Å². The Hall–Kier alpha value is -1.21. The topological polar surface area (TPSA) is 43.4 Å². The molecule has 2 rings (SSSR count). The first-order valence-electron chi connectivity index (χ1n) is 8.83. The van der Waals surface area contributed by atoms with Crippen molar-refractivity contribution in [1.82, 2.24) is 0 Å². The molecule has 0 fully saturated rings. The number of sulfone groups is 1. The summed E-state index contributed by atoms with van der Waals surface area (Å²) in [5.41, 5.74) is 1.51. The van der Waals surface area contributed by atoms with Crippen molar-refractivity contribution < 1.29 is 12.8 Å². The van der Waals surface area contributed by atoms with Crippen molar-refractivity contribution in [2.75, 3.05) is 6.61 Å². The van der Waals surface area contributed by atoms with Gasteiger partial charge in [-0.25, -0.2) is 8.42 Å². The van der Waals surface area contributed by atoms with Crippen molar-refractivity contribution >= 4 is 39.7 Å². The van der Waals surface area contributed by atoms with Crippen LogP contribution in [0.4, 0.5) is 0 Å². The van der Waals surface area contributed by atoms with E-state index in [0.29, 0.717) is 5.57 Å². The van der Waals surface area contributed by atoms with Crippen LogP contribution in [0.25, 0.3) is 5.57 Å². The molecule has 0 saturated carbocycles. The van der Waals surface area contributed by atoms with Crippen LogP contribution in [0.1, 0.15) is 26.3 Å². The average molecular weight is 468 g/mol. The highest BCUT2D eigenvalue weighted by molar-refractivity contribution is 9.10. The SMILES string of the molecule is CC(C)(C)[Si](C)(C)OC/C(=C\S(=O)(=O)c1ccccc1)c1ccc(Br)cc1. The lowest BCUT2D eigenvalue weighted by atomic mass is 10.1. The maximum absolute atomic E-state index is 12.9. The third-order valence-corrected chi connectivity index (χ3v) is 11.5. The zero-order chi connectivity index (χ0) is 20.3. The van der Waals surface area contributed by atoms with Gasteiger partial charge in [0.05, 0.1) is 11.5 Å². The van der Waals surface area contributed by atoms with E-state index >= 15 is 0 Å². The Morgan fingerprint density at radius 1 is 1.04 bits per heavy atom. The third-order valence-electron chi connectivity index (χ3n) is 4.98. The molecule has 27 heavy (non-hydrogen) atoms. The molecule has 0 aliphatic heterocycles. The molecular formula is C21H27BrO3SSi. The predicted octanol–water partition coefficient (Wildman–Crippen LogP) is 6.29. The van der Waals surface area contributed by atoms with E-state index in [2.05, 4.69) is 49.8 Å². The standard InChI is InChI=1S/C21H27BrO3SSi/c1-21(2,3)27(4,5)25-15-18(17-11-13-19(22)14-12-17)16-26(23,24)20-9-7-6-8-10-20/h6-14,16H,15H2,1-5H3/b18-16+. The summed E-state index contributed by atoms with van der Waals surface area (Å²) in [5.74, 6) is 0. The normalized spacial score (nSPS) is 13.6. The Morgan fingerprint density at radius 2 is 1.59 bits per heavy atom. The van der Waals surface area contributed by atoms with Crippen LogP contribution in [-0.2, 0) is 14.3 Å². The average Bonchev–Trinajstić information content (AvgIpc) is 2.59. The molecule has 0 aromatic heterocycles. The first-order valence-corrected chi connectivity index (χ1v) is 14.1. The van der Waals surface area contributed by atoms with E-state index in [9.17, 15) is 8.42 Å². The fraction of sp³-hybridized carbons (Fsp3) is 0.333. The predicted molar refractivity (Wildman–Crippen MR) is 119 cm³/mol. The van der Waals surface area contributed by atoms with Gasteiger partial charge in [0.25, 0.3) is 0 Å². The summed E-state index contributed by atoms with van der Waals surface area (Å²) in [6.45, 7) is 11.1. The molecule has 2 aromatic rings. The number of benzene rings is 2. The van der Waals surface area contributed by atoms with Crippen molar-refractivity contribution in [2.24, 2.45) is 0 Å². The summed E-state index contributed by atoms with van der Waals surface area (Å²) in [6, 6.07) is 16.1. The second-order valence-electron chi connectivity index (χ2n) is 8.06. The van der Waals surface area contributed by atoms with Gasteiger partial charge in [-0.2, -0.15) is 0 Å². The summed E-state index contributed by atoms with van der Waals surface area (Å²) in [6.07, 6.45) is 0. The van der Waals surface area contributed by atoms with Crippen LogP contribution in [0.5, 0.6) is 0 Å². The second-order valence-corrected chi connectivity index (χ2v) is 15.6. The number of rotatable bonds is 6. The van der Waals surface area contributed by atoms with E-state index in [1.165, 1.54) is 5.41 Å². The first kappa shape index (κ1) is 22.1. The molecular weight excluding hydrogens is 440 g/mol. The van der Waals surface area contributed by atoms with E-state index in [4.69, 9.17) is 4.43 Å². The fourth-order valence-electron chi connectivity index (χ4n) is 2.19. The molecule has 0 unspecified atom stereocenters. The van der Waals surface area contributed by atoms with Gasteiger partial charge in [-0.15, -0.1) is 0 Å². The van der Waals surface area contributed by atoms with Crippen molar-refractivity contribution in [3.05, 3.63) is 70.0 Å². The largest absolute Gasteiger partial charge is 0.413 e. The molecule has 146 valence electrons. The van der Waals surface area contributed by atoms with Gasteiger partial charge in [0.15, 0.2) is 18.2 Å². The summed E-state index contributed by atoms with van der Waals surface area (Å²) >= 11 is 3.43. The number of halogens is 1. The Morgan fingerprint density at radius 3 is 2.11 bits per heavy atom. The Balaban J connectivity index is 2.43. The maximum Gasteiger partial charge on any atom is 0.200 e. The van der Waals surface area contributed by atoms with Crippen LogP contribution in [-0.4, -0.2) is 23.3 Å². The molecule has 2 aromatic carbocycles. The van der Waals surface area contributed by atoms with Gasteiger partial charge in [0.1, 0.15) is 0 Å². The van der Waals surface area contributed by atoms with E-state index in [1.807, 2.05) is 24.3 Å². The summed E-state index contributed by atoms with van der Waals surface area (Å²) < 4.78 is 33.0. The molecule has 0 atom stereocenters. The van der Waals surface area contributed by atoms with E-state index < -0.39 is 18.2 Å². The lowest BCUT2D eigenvalue weighted by Crippen LogP contribution is -2.41. The second kappa shape index (κ2) is 8.43. The van der Waals surface area contributed by atoms with Crippen LogP contribution in [0.2, 0.25) is 18.1 Å². The summed E-state index contributed by atoms with van der Waals surface area (Å²) in [7, 11) is -5.57. The monoisotopic (exact) mass is 466 g/mol. The molecule has 0 bridgehead atoms. The summed E-state index contributed by atoms with van der Waals surface area (Å²) in [5, 5.41) is 1.40. The van der Waals surface area contributed by atoms with Gasteiger partial charge in [-0.3, -0.25) is 0 Å². The highest BCUT2D eigenvalue weighted by atomic mass is 79.9. The Kier molecular flexibility index (Phi) is 6.89. The van der Waals surface area contributed by atoms with Gasteiger partial charge in [-0.1, -0.05) is 67.0 Å². The summed E-state index contributed by atoms with van der Waals surface area (Å²) in [4.78, 5) is 0.284. The molecule has 0 amide bonds. The van der Waals surface area contributed by atoms with Crippen molar-refractivity contribution in [2.45, 2.75) is 43.8 Å². The minimum absolute atomic E-state index is 0.0517. The molecule has 0 saturated heterocycles. The third kappa shape index (κ3) is 5.88. The number of hydrogen-bond donors (Lipinski definition) is 0. The van der Waals surface area contributed by atoms with Gasteiger partial charge in [-0.05, 0) is 53.5 Å². The van der Waals surface area contributed by atoms with Crippen molar-refractivity contribution in [3.8, 4) is 0 Å². The molecule has 0 aliphatic carbocycles. The zero-order valence-corrected chi connectivity index (χ0v) is 19.9. The molecule has 0 radical (unpaired) electrons. The van der Waals surface area contributed by atoms with Crippen LogP contribution in [0.3, 0.4) is 0 Å². The molecule has 3 nitrogen and oxygen atoms in total. The molecule has 0 heterocycles. The highest BCUT2D eigenvalue weighted by Crippen LogP contribution is 2.37. The Bertz CT molecular complexity index is 897. The zero-order valence-electron chi connectivity index (χ0n) is 16.5. The van der Waals surface area contributed by atoms with E-state index in [0.717, 1.165) is 10.0 Å². The highest BCUT2D eigenvalue weighted by Gasteiger charge is 2.37. The van der Waals surface area contributed by atoms with Gasteiger partial charge in [0, 0.05) is 9.88 Å². The van der Waals surface area contributed by atoms with E-state index in [1.54, 1.807) is 30.3 Å². The minimum Gasteiger partial charge on any atom is -0.413 e. The van der Waals surface area contributed by atoms with Crippen LogP contribution in [0, 0.1) is 0 Å². The van der Waals surface area contributed by atoms with Gasteiger partial charge >= 0.3 is 0 Å². The van der Waals surface area contributed by atoms with Crippen LogP contribution >= 0.6 is 15.9 Å². The first-order chi connectivity index (χ1) is 12.4. The molecule has 0 spiro atoms. The van der Waals surface area contributed by atoms with Crippen molar-refractivity contribution in [3.63, 3.8) is 0 Å². The minimum atomic E-state index is -3.56.